The Morgan fingerprint density at radius 3 is 1.94 bits per heavy atom. The van der Waals surface area contributed by atoms with Crippen molar-refractivity contribution < 1.29 is 13.2 Å². The molecule has 5 heteroatoms. The maximum atomic E-state index is 12.1. The molecule has 3 fully saturated rings. The summed E-state index contributed by atoms with van der Waals surface area (Å²) in [5.74, 6) is -0.274. The van der Waals surface area contributed by atoms with Crippen molar-refractivity contribution in [2.75, 3.05) is 6.26 Å². The van der Waals surface area contributed by atoms with Crippen molar-refractivity contribution in [1.29, 1.82) is 0 Å². The molecule has 2 bridgehead atoms. The minimum atomic E-state index is -3.42. The van der Waals surface area contributed by atoms with Gasteiger partial charge in [0.25, 0.3) is 0 Å². The number of carbonyl (C=O) groups is 1. The second-order valence-electron chi connectivity index (χ2n) is 5.84. The molecule has 0 radical (unpaired) electrons. The van der Waals surface area contributed by atoms with Gasteiger partial charge in [0.2, 0.25) is 15.9 Å². The van der Waals surface area contributed by atoms with Crippen molar-refractivity contribution >= 4 is 15.9 Å². The number of hydrogen-bond donors (Lipinski definition) is 1. The zero-order valence-corrected chi connectivity index (χ0v) is 11.4. The average Bonchev–Trinajstić information content (AvgIpc) is 2.29. The first-order valence-electron chi connectivity index (χ1n) is 6.33. The van der Waals surface area contributed by atoms with E-state index in [0.717, 1.165) is 44.8 Å². The van der Waals surface area contributed by atoms with Crippen LogP contribution in [0.15, 0.2) is 0 Å². The first-order chi connectivity index (χ1) is 7.81. The number of rotatable bonds is 3. The molecule has 4 nitrogen and oxygen atoms in total. The summed E-state index contributed by atoms with van der Waals surface area (Å²) < 4.78 is 24.5. The standard InChI is InChI=1S/C12H21NO3S/c1-3-11-4-7-12(8-5-11,9-6-11)10(14)13-17(2,15)16/h3-9H2,1-2H3,(H,13,14). The van der Waals surface area contributed by atoms with E-state index in [-0.39, 0.29) is 5.91 Å². The van der Waals surface area contributed by atoms with Crippen LogP contribution in [0.1, 0.15) is 51.9 Å². The van der Waals surface area contributed by atoms with Crippen LogP contribution in [-0.2, 0) is 14.8 Å². The third kappa shape index (κ3) is 2.34. The summed E-state index contributed by atoms with van der Waals surface area (Å²) in [6.07, 6.45) is 7.98. The highest BCUT2D eigenvalue weighted by Gasteiger charge is 2.51. The lowest BCUT2D eigenvalue weighted by atomic mass is 9.53. The van der Waals surface area contributed by atoms with Gasteiger partial charge in [-0.1, -0.05) is 13.3 Å². The second-order valence-corrected chi connectivity index (χ2v) is 7.59. The van der Waals surface area contributed by atoms with Crippen LogP contribution in [0.5, 0.6) is 0 Å². The fraction of sp³-hybridized carbons (Fsp3) is 0.917. The van der Waals surface area contributed by atoms with Gasteiger partial charge in [0, 0.05) is 0 Å². The maximum Gasteiger partial charge on any atom is 0.239 e. The van der Waals surface area contributed by atoms with Gasteiger partial charge in [-0.2, -0.15) is 0 Å². The average molecular weight is 259 g/mol. The first-order valence-corrected chi connectivity index (χ1v) is 8.22. The molecule has 3 aliphatic carbocycles. The van der Waals surface area contributed by atoms with Crippen molar-refractivity contribution in [3.05, 3.63) is 0 Å². The van der Waals surface area contributed by atoms with Crippen molar-refractivity contribution in [2.45, 2.75) is 51.9 Å². The summed E-state index contributed by atoms with van der Waals surface area (Å²) in [5.41, 5.74) is 0.0348. The Hall–Kier alpha value is -0.580. The number of sulfonamides is 1. The van der Waals surface area contributed by atoms with E-state index in [1.165, 1.54) is 6.42 Å². The van der Waals surface area contributed by atoms with Crippen LogP contribution in [-0.4, -0.2) is 20.6 Å². The van der Waals surface area contributed by atoms with Crippen molar-refractivity contribution in [2.24, 2.45) is 10.8 Å². The van der Waals surface area contributed by atoms with E-state index in [9.17, 15) is 13.2 Å². The van der Waals surface area contributed by atoms with Crippen LogP contribution in [0.25, 0.3) is 0 Å². The van der Waals surface area contributed by atoms with Crippen LogP contribution in [0.4, 0.5) is 0 Å². The minimum Gasteiger partial charge on any atom is -0.273 e. The van der Waals surface area contributed by atoms with E-state index in [1.807, 2.05) is 0 Å². The van der Waals surface area contributed by atoms with Gasteiger partial charge >= 0.3 is 0 Å². The molecule has 3 saturated carbocycles. The predicted octanol–water partition coefficient (Wildman–Crippen LogP) is 1.81. The van der Waals surface area contributed by atoms with Crippen LogP contribution in [0.3, 0.4) is 0 Å². The molecule has 0 aromatic carbocycles. The molecule has 1 amide bonds. The summed E-state index contributed by atoms with van der Waals surface area (Å²) in [5, 5.41) is 0. The molecule has 98 valence electrons. The lowest BCUT2D eigenvalue weighted by Crippen LogP contribution is -2.51. The number of nitrogens with one attached hydrogen (secondary N) is 1. The Morgan fingerprint density at radius 1 is 1.12 bits per heavy atom. The van der Waals surface area contributed by atoms with Gasteiger partial charge < -0.3 is 0 Å². The van der Waals surface area contributed by atoms with Crippen LogP contribution < -0.4 is 4.72 Å². The summed E-state index contributed by atoms with van der Waals surface area (Å²) in [6, 6.07) is 0. The monoisotopic (exact) mass is 259 g/mol. The molecule has 1 N–H and O–H groups in total. The fourth-order valence-electron chi connectivity index (χ4n) is 3.41. The molecule has 3 aliphatic rings. The van der Waals surface area contributed by atoms with Gasteiger partial charge in [-0.15, -0.1) is 0 Å². The van der Waals surface area contributed by atoms with Gasteiger partial charge in [-0.25, -0.2) is 8.42 Å². The van der Waals surface area contributed by atoms with Crippen molar-refractivity contribution in [1.82, 2.24) is 4.72 Å². The molecule has 3 rings (SSSR count). The van der Waals surface area contributed by atoms with E-state index in [0.29, 0.717) is 5.41 Å². The third-order valence-corrected chi connectivity index (χ3v) is 5.47. The fourth-order valence-corrected chi connectivity index (χ4v) is 3.96. The number of amides is 1. The Bertz CT molecular complexity index is 403. The zero-order chi connectivity index (χ0) is 12.7. The molecule has 0 aliphatic heterocycles. The van der Waals surface area contributed by atoms with Crippen molar-refractivity contribution in [3.63, 3.8) is 0 Å². The normalized spacial score (nSPS) is 36.8. The lowest BCUT2D eigenvalue weighted by molar-refractivity contribution is -0.138. The Balaban J connectivity index is 2.11. The van der Waals surface area contributed by atoms with E-state index in [1.54, 1.807) is 0 Å². The van der Waals surface area contributed by atoms with E-state index < -0.39 is 15.4 Å². The third-order valence-electron chi connectivity index (χ3n) is 4.91. The Kier molecular flexibility index (Phi) is 3.00. The van der Waals surface area contributed by atoms with Gasteiger partial charge in [0.15, 0.2) is 0 Å². The molecule has 0 aromatic rings. The van der Waals surface area contributed by atoms with Crippen LogP contribution in [0, 0.1) is 10.8 Å². The molecule has 17 heavy (non-hydrogen) atoms. The SMILES string of the molecule is CCC12CCC(C(=O)NS(C)(=O)=O)(CC1)CC2. The number of carbonyl (C=O) groups excluding carboxylic acids is 1. The predicted molar refractivity (Wildman–Crippen MR) is 65.8 cm³/mol. The first kappa shape index (κ1) is 12.9. The number of hydrogen-bond acceptors (Lipinski definition) is 3. The van der Waals surface area contributed by atoms with Crippen molar-refractivity contribution in [3.8, 4) is 0 Å². The summed E-state index contributed by atoms with van der Waals surface area (Å²) in [7, 11) is -3.42. The molecule has 0 aromatic heterocycles. The van der Waals surface area contributed by atoms with Crippen LogP contribution in [0.2, 0.25) is 0 Å². The highest BCUT2D eigenvalue weighted by Crippen LogP contribution is 2.58. The Labute approximate surface area is 103 Å². The molecule has 0 spiro atoms. The summed E-state index contributed by atoms with van der Waals surface area (Å²) >= 11 is 0. The molecular weight excluding hydrogens is 238 g/mol. The molecular formula is C12H21NO3S. The molecule has 0 saturated heterocycles. The minimum absolute atomic E-state index is 0.274. The van der Waals surface area contributed by atoms with Gasteiger partial charge in [-0.3, -0.25) is 9.52 Å². The quantitative estimate of drug-likeness (QED) is 0.840. The van der Waals surface area contributed by atoms with E-state index in [2.05, 4.69) is 11.6 Å². The van der Waals surface area contributed by atoms with E-state index >= 15 is 0 Å². The van der Waals surface area contributed by atoms with Gasteiger partial charge in [0.05, 0.1) is 11.7 Å². The van der Waals surface area contributed by atoms with Gasteiger partial charge in [-0.05, 0) is 43.9 Å². The smallest absolute Gasteiger partial charge is 0.239 e. The highest BCUT2D eigenvalue weighted by molar-refractivity contribution is 7.89. The molecule has 0 unspecified atom stereocenters. The topological polar surface area (TPSA) is 63.2 Å². The maximum absolute atomic E-state index is 12.1. The van der Waals surface area contributed by atoms with E-state index in [4.69, 9.17) is 0 Å². The highest BCUT2D eigenvalue weighted by atomic mass is 32.2. The largest absolute Gasteiger partial charge is 0.273 e. The zero-order valence-electron chi connectivity index (χ0n) is 10.6. The second kappa shape index (κ2) is 3.97. The Morgan fingerprint density at radius 2 is 1.59 bits per heavy atom. The number of fused-ring (bicyclic) bond motifs is 3. The lowest BCUT2D eigenvalue weighted by Gasteiger charge is -2.52. The molecule has 0 atom stereocenters. The summed E-state index contributed by atoms with van der Waals surface area (Å²) in [4.78, 5) is 12.1. The van der Waals surface area contributed by atoms with Crippen LogP contribution >= 0.6 is 0 Å². The van der Waals surface area contributed by atoms with Gasteiger partial charge in [0.1, 0.15) is 0 Å². The molecule has 0 heterocycles. The summed E-state index contributed by atoms with van der Waals surface area (Å²) in [6.45, 7) is 2.22.